The van der Waals surface area contributed by atoms with Crippen LogP contribution in [0.25, 0.3) is 11.3 Å². The topological polar surface area (TPSA) is 43.8 Å². The lowest BCUT2D eigenvalue weighted by Crippen LogP contribution is -1.97. The minimum atomic E-state index is -0.230. The first-order chi connectivity index (χ1) is 7.61. The Bertz CT molecular complexity index is 517. The van der Waals surface area contributed by atoms with Crippen LogP contribution in [-0.2, 0) is 13.6 Å². The van der Waals surface area contributed by atoms with E-state index in [-0.39, 0.29) is 5.82 Å². The summed E-state index contributed by atoms with van der Waals surface area (Å²) < 4.78 is 14.7. The smallest absolute Gasteiger partial charge is 0.123 e. The van der Waals surface area contributed by atoms with Gasteiger partial charge in [-0.25, -0.2) is 4.39 Å². The van der Waals surface area contributed by atoms with Crippen molar-refractivity contribution in [3.8, 4) is 11.3 Å². The van der Waals surface area contributed by atoms with Crippen molar-refractivity contribution in [3.05, 3.63) is 41.3 Å². The molecular weight excluding hydrogens is 205 g/mol. The summed E-state index contributed by atoms with van der Waals surface area (Å²) in [5, 5.41) is 4.36. The SMILES string of the molecule is Cc1cc(F)ccc1-c1nn(C)cc1CN. The Morgan fingerprint density at radius 3 is 2.81 bits per heavy atom. The molecule has 16 heavy (non-hydrogen) atoms. The summed E-state index contributed by atoms with van der Waals surface area (Å²) in [6.07, 6.45) is 1.89. The molecule has 1 aromatic heterocycles. The molecule has 0 aliphatic heterocycles. The summed E-state index contributed by atoms with van der Waals surface area (Å²) in [6.45, 7) is 2.30. The first kappa shape index (κ1) is 10.8. The first-order valence-corrected chi connectivity index (χ1v) is 5.11. The first-order valence-electron chi connectivity index (χ1n) is 5.11. The van der Waals surface area contributed by atoms with Crippen LogP contribution in [0, 0.1) is 12.7 Å². The van der Waals surface area contributed by atoms with Crippen LogP contribution in [0.5, 0.6) is 0 Å². The lowest BCUT2D eigenvalue weighted by molar-refractivity contribution is 0.627. The van der Waals surface area contributed by atoms with Crippen molar-refractivity contribution >= 4 is 0 Å². The Labute approximate surface area is 93.7 Å². The molecule has 1 aromatic carbocycles. The Balaban J connectivity index is 2.57. The Morgan fingerprint density at radius 2 is 2.19 bits per heavy atom. The van der Waals surface area contributed by atoms with E-state index in [4.69, 9.17) is 5.73 Å². The van der Waals surface area contributed by atoms with Gasteiger partial charge in [-0.05, 0) is 30.7 Å². The van der Waals surface area contributed by atoms with Gasteiger partial charge in [-0.15, -0.1) is 0 Å². The average Bonchev–Trinajstić information content (AvgIpc) is 2.59. The van der Waals surface area contributed by atoms with Crippen LogP contribution in [0.4, 0.5) is 4.39 Å². The van der Waals surface area contributed by atoms with E-state index in [2.05, 4.69) is 5.10 Å². The number of aryl methyl sites for hydroxylation is 2. The van der Waals surface area contributed by atoms with Crippen molar-refractivity contribution in [2.75, 3.05) is 0 Å². The number of hydrogen-bond donors (Lipinski definition) is 1. The van der Waals surface area contributed by atoms with Gasteiger partial charge in [-0.3, -0.25) is 4.68 Å². The van der Waals surface area contributed by atoms with Gasteiger partial charge in [0.2, 0.25) is 0 Å². The molecule has 4 heteroatoms. The van der Waals surface area contributed by atoms with Crippen molar-refractivity contribution in [1.82, 2.24) is 9.78 Å². The minimum absolute atomic E-state index is 0.230. The van der Waals surface area contributed by atoms with E-state index < -0.39 is 0 Å². The number of halogens is 1. The molecule has 0 saturated heterocycles. The van der Waals surface area contributed by atoms with Crippen LogP contribution in [0.15, 0.2) is 24.4 Å². The zero-order valence-corrected chi connectivity index (χ0v) is 9.37. The van der Waals surface area contributed by atoms with E-state index in [0.717, 1.165) is 22.4 Å². The fourth-order valence-electron chi connectivity index (χ4n) is 1.81. The molecule has 0 amide bonds. The Morgan fingerprint density at radius 1 is 1.44 bits per heavy atom. The largest absolute Gasteiger partial charge is 0.326 e. The molecule has 0 aliphatic rings. The van der Waals surface area contributed by atoms with E-state index >= 15 is 0 Å². The molecule has 0 atom stereocenters. The highest BCUT2D eigenvalue weighted by Gasteiger charge is 2.11. The van der Waals surface area contributed by atoms with Gasteiger partial charge in [0.05, 0.1) is 5.69 Å². The number of benzene rings is 1. The summed E-state index contributed by atoms with van der Waals surface area (Å²) in [6, 6.07) is 4.69. The van der Waals surface area contributed by atoms with Crippen molar-refractivity contribution in [2.45, 2.75) is 13.5 Å². The van der Waals surface area contributed by atoms with Gasteiger partial charge in [0.25, 0.3) is 0 Å². The maximum absolute atomic E-state index is 13.0. The van der Waals surface area contributed by atoms with E-state index in [1.54, 1.807) is 10.7 Å². The van der Waals surface area contributed by atoms with Crippen LogP contribution in [0.3, 0.4) is 0 Å². The van der Waals surface area contributed by atoms with Gasteiger partial charge in [0.1, 0.15) is 5.82 Å². The van der Waals surface area contributed by atoms with Crippen LogP contribution in [-0.4, -0.2) is 9.78 Å². The third-order valence-corrected chi connectivity index (χ3v) is 2.57. The zero-order valence-electron chi connectivity index (χ0n) is 9.37. The Hall–Kier alpha value is -1.68. The fraction of sp³-hybridized carbons (Fsp3) is 0.250. The number of hydrogen-bond acceptors (Lipinski definition) is 2. The lowest BCUT2D eigenvalue weighted by Gasteiger charge is -2.04. The molecule has 84 valence electrons. The normalized spacial score (nSPS) is 10.8. The fourth-order valence-corrected chi connectivity index (χ4v) is 1.81. The van der Waals surface area contributed by atoms with Gasteiger partial charge in [0.15, 0.2) is 0 Å². The van der Waals surface area contributed by atoms with E-state index in [1.807, 2.05) is 20.2 Å². The van der Waals surface area contributed by atoms with Crippen LogP contribution >= 0.6 is 0 Å². The second kappa shape index (κ2) is 4.06. The molecule has 3 nitrogen and oxygen atoms in total. The van der Waals surface area contributed by atoms with Gasteiger partial charge in [-0.2, -0.15) is 5.10 Å². The monoisotopic (exact) mass is 219 g/mol. The standard InChI is InChI=1S/C12H14FN3/c1-8-5-10(13)3-4-11(8)12-9(6-14)7-16(2)15-12/h3-5,7H,6,14H2,1-2H3. The molecule has 0 aliphatic carbocycles. The van der Waals surface area contributed by atoms with E-state index in [9.17, 15) is 4.39 Å². The van der Waals surface area contributed by atoms with Gasteiger partial charge < -0.3 is 5.73 Å². The highest BCUT2D eigenvalue weighted by molar-refractivity contribution is 5.66. The summed E-state index contributed by atoms with van der Waals surface area (Å²) in [5.41, 5.74) is 9.26. The maximum Gasteiger partial charge on any atom is 0.123 e. The molecule has 0 radical (unpaired) electrons. The highest BCUT2D eigenvalue weighted by Crippen LogP contribution is 2.25. The molecule has 0 spiro atoms. The summed E-state index contributed by atoms with van der Waals surface area (Å²) in [5.74, 6) is -0.230. The zero-order chi connectivity index (χ0) is 11.7. The molecule has 2 N–H and O–H groups in total. The predicted molar refractivity (Wildman–Crippen MR) is 61.2 cm³/mol. The number of nitrogens with two attached hydrogens (primary N) is 1. The van der Waals surface area contributed by atoms with Crippen LogP contribution in [0.2, 0.25) is 0 Å². The number of nitrogens with zero attached hydrogens (tertiary/aromatic N) is 2. The molecule has 1 heterocycles. The molecule has 0 saturated carbocycles. The molecular formula is C12H14FN3. The summed E-state index contributed by atoms with van der Waals surface area (Å²) in [7, 11) is 1.85. The molecule has 0 unspecified atom stereocenters. The molecule has 0 bridgehead atoms. The molecule has 2 rings (SSSR count). The third kappa shape index (κ3) is 1.84. The predicted octanol–water partition coefficient (Wildman–Crippen LogP) is 1.99. The van der Waals surface area contributed by atoms with Gasteiger partial charge in [-0.1, -0.05) is 0 Å². The van der Waals surface area contributed by atoms with Crippen molar-refractivity contribution < 1.29 is 4.39 Å². The quantitative estimate of drug-likeness (QED) is 0.839. The summed E-state index contributed by atoms with van der Waals surface area (Å²) in [4.78, 5) is 0. The lowest BCUT2D eigenvalue weighted by atomic mass is 10.0. The number of aromatic nitrogens is 2. The Kier molecular flexibility index (Phi) is 2.75. The highest BCUT2D eigenvalue weighted by atomic mass is 19.1. The van der Waals surface area contributed by atoms with Crippen molar-refractivity contribution in [2.24, 2.45) is 12.8 Å². The number of rotatable bonds is 2. The van der Waals surface area contributed by atoms with E-state index in [0.29, 0.717) is 6.54 Å². The van der Waals surface area contributed by atoms with E-state index in [1.165, 1.54) is 12.1 Å². The minimum Gasteiger partial charge on any atom is -0.326 e. The second-order valence-electron chi connectivity index (χ2n) is 3.84. The van der Waals surface area contributed by atoms with Crippen molar-refractivity contribution in [1.29, 1.82) is 0 Å². The second-order valence-corrected chi connectivity index (χ2v) is 3.84. The summed E-state index contributed by atoms with van der Waals surface area (Å²) >= 11 is 0. The van der Waals surface area contributed by atoms with Crippen molar-refractivity contribution in [3.63, 3.8) is 0 Å². The average molecular weight is 219 g/mol. The third-order valence-electron chi connectivity index (χ3n) is 2.57. The van der Waals surface area contributed by atoms with Gasteiger partial charge in [0, 0.05) is 30.9 Å². The maximum atomic E-state index is 13.0. The van der Waals surface area contributed by atoms with Crippen LogP contribution in [0.1, 0.15) is 11.1 Å². The van der Waals surface area contributed by atoms with Crippen LogP contribution < -0.4 is 5.73 Å². The molecule has 0 fully saturated rings. The molecule has 2 aromatic rings. The van der Waals surface area contributed by atoms with Gasteiger partial charge >= 0.3 is 0 Å².